The van der Waals surface area contributed by atoms with E-state index in [1.54, 1.807) is 56.4 Å². The highest BCUT2D eigenvalue weighted by Gasteiger charge is 2.29. The van der Waals surface area contributed by atoms with Crippen molar-refractivity contribution in [2.75, 3.05) is 12.4 Å². The van der Waals surface area contributed by atoms with Crippen molar-refractivity contribution < 1.29 is 23.9 Å². The van der Waals surface area contributed by atoms with Gasteiger partial charge in [0.1, 0.15) is 18.1 Å². The molecule has 0 spiro atoms. The molecule has 0 aliphatic carbocycles. The Bertz CT molecular complexity index is 1470. The third kappa shape index (κ3) is 7.06. The van der Waals surface area contributed by atoms with E-state index in [2.05, 4.69) is 20.9 Å². The van der Waals surface area contributed by atoms with Crippen molar-refractivity contribution in [3.8, 4) is 11.4 Å². The summed E-state index contributed by atoms with van der Waals surface area (Å²) in [6.45, 7) is 1.49. The lowest BCUT2D eigenvalue weighted by molar-refractivity contribution is -0.147. The van der Waals surface area contributed by atoms with Gasteiger partial charge in [0.05, 0.1) is 12.2 Å². The topological polar surface area (TPSA) is 148 Å². The Balaban J connectivity index is 1.47. The van der Waals surface area contributed by atoms with E-state index in [9.17, 15) is 24.0 Å². The fourth-order valence-corrected chi connectivity index (χ4v) is 4.23. The van der Waals surface area contributed by atoms with E-state index < -0.39 is 29.5 Å². The van der Waals surface area contributed by atoms with Gasteiger partial charge in [-0.1, -0.05) is 54.6 Å². The molecule has 4 rings (SSSR count). The van der Waals surface area contributed by atoms with Gasteiger partial charge in [-0.15, -0.1) is 0 Å². The first-order valence-electron chi connectivity index (χ1n) is 12.9. The molecule has 1 unspecified atom stereocenters. The molecule has 2 heterocycles. The lowest BCUT2D eigenvalue weighted by atomic mass is 10.0. The van der Waals surface area contributed by atoms with E-state index in [0.29, 0.717) is 12.0 Å². The lowest BCUT2D eigenvalue weighted by Gasteiger charge is -2.16. The largest absolute Gasteiger partial charge is 0.454 e. The number of nitrogens with zero attached hydrogens (tertiary/aromatic N) is 2. The van der Waals surface area contributed by atoms with Crippen LogP contribution in [0.5, 0.6) is 0 Å². The van der Waals surface area contributed by atoms with Gasteiger partial charge in [-0.25, -0.2) is 4.98 Å². The van der Waals surface area contributed by atoms with E-state index in [-0.39, 0.29) is 49.2 Å². The third-order valence-electron chi connectivity index (χ3n) is 6.57. The monoisotopic (exact) mass is 545 g/mol. The number of ketones is 1. The minimum atomic E-state index is -0.705. The summed E-state index contributed by atoms with van der Waals surface area (Å²) in [5.74, 6) is -1.08. The second kappa shape index (κ2) is 12.9. The van der Waals surface area contributed by atoms with Gasteiger partial charge in [0.15, 0.2) is 11.9 Å². The number of rotatable bonds is 11. The van der Waals surface area contributed by atoms with Crippen molar-refractivity contribution in [3.63, 3.8) is 0 Å². The fraction of sp³-hybridized carbons (Fsp3) is 0.310. The molecule has 1 fully saturated rings. The van der Waals surface area contributed by atoms with Crippen LogP contribution in [-0.2, 0) is 43.4 Å². The highest BCUT2D eigenvalue weighted by atomic mass is 16.6. The SMILES string of the molecule is CN[C@@H](C)C(=O)Nc1cnc(-c2ccccc2)n(CC(=O)NCc2cccc(CC(=O)C3CCC(=O)O3)c2)c1=O. The summed E-state index contributed by atoms with van der Waals surface area (Å²) >= 11 is 0. The third-order valence-corrected chi connectivity index (χ3v) is 6.57. The van der Waals surface area contributed by atoms with Crippen LogP contribution in [0.4, 0.5) is 5.69 Å². The van der Waals surface area contributed by atoms with E-state index in [1.165, 1.54) is 10.8 Å². The van der Waals surface area contributed by atoms with Crippen LogP contribution >= 0.6 is 0 Å². The van der Waals surface area contributed by atoms with E-state index in [4.69, 9.17) is 4.74 Å². The number of Topliss-reactive ketones (excluding diaryl/α,β-unsaturated/α-hetero) is 1. The number of cyclic esters (lactones) is 1. The second-order valence-electron chi connectivity index (χ2n) is 9.51. The molecule has 3 N–H and O–H groups in total. The number of hydrogen-bond acceptors (Lipinski definition) is 8. The molecular weight excluding hydrogens is 514 g/mol. The first-order chi connectivity index (χ1) is 19.2. The minimum Gasteiger partial charge on any atom is -0.454 e. The molecule has 1 aliphatic rings. The van der Waals surface area contributed by atoms with Gasteiger partial charge in [-0.3, -0.25) is 28.5 Å². The summed E-state index contributed by atoms with van der Waals surface area (Å²) in [6, 6.07) is 15.6. The van der Waals surface area contributed by atoms with Crippen molar-refractivity contribution in [1.82, 2.24) is 20.2 Å². The van der Waals surface area contributed by atoms with Crippen LogP contribution in [-0.4, -0.2) is 52.3 Å². The molecule has 0 radical (unpaired) electrons. The number of nitrogens with one attached hydrogen (secondary N) is 3. The molecule has 11 heteroatoms. The normalized spacial score (nSPS) is 15.2. The number of amides is 2. The zero-order chi connectivity index (χ0) is 28.6. The minimum absolute atomic E-state index is 0.0371. The fourth-order valence-electron chi connectivity index (χ4n) is 4.23. The average molecular weight is 546 g/mol. The predicted molar refractivity (Wildman–Crippen MR) is 147 cm³/mol. The molecule has 2 aromatic carbocycles. The number of likely N-dealkylation sites (N-methyl/N-ethyl adjacent to an activating group) is 1. The van der Waals surface area contributed by atoms with Crippen molar-refractivity contribution >= 4 is 29.3 Å². The van der Waals surface area contributed by atoms with Crippen LogP contribution in [0, 0.1) is 0 Å². The molecule has 1 saturated heterocycles. The number of carbonyl (C=O) groups excluding carboxylic acids is 4. The van der Waals surface area contributed by atoms with Crippen LogP contribution in [0.1, 0.15) is 30.9 Å². The molecule has 1 aliphatic heterocycles. The van der Waals surface area contributed by atoms with Crippen LogP contribution in [0.15, 0.2) is 65.6 Å². The molecule has 11 nitrogen and oxygen atoms in total. The summed E-state index contributed by atoms with van der Waals surface area (Å²) in [6.07, 6.45) is 1.34. The molecular formula is C29H31N5O6. The van der Waals surface area contributed by atoms with Crippen molar-refractivity contribution in [2.45, 2.75) is 51.4 Å². The highest BCUT2D eigenvalue weighted by Crippen LogP contribution is 2.18. The number of carbonyl (C=O) groups is 4. The second-order valence-corrected chi connectivity index (χ2v) is 9.51. The van der Waals surface area contributed by atoms with Gasteiger partial charge in [-0.2, -0.15) is 0 Å². The van der Waals surface area contributed by atoms with Gasteiger partial charge < -0.3 is 20.7 Å². The van der Waals surface area contributed by atoms with Crippen LogP contribution in [0.25, 0.3) is 11.4 Å². The number of anilines is 1. The van der Waals surface area contributed by atoms with Crippen LogP contribution in [0.2, 0.25) is 0 Å². The van der Waals surface area contributed by atoms with Crippen molar-refractivity contribution in [3.05, 3.63) is 82.3 Å². The van der Waals surface area contributed by atoms with Gasteiger partial charge >= 0.3 is 5.97 Å². The maximum absolute atomic E-state index is 13.3. The molecule has 3 aromatic rings. The van der Waals surface area contributed by atoms with Crippen molar-refractivity contribution in [2.24, 2.45) is 0 Å². The quantitative estimate of drug-likeness (QED) is 0.308. The maximum atomic E-state index is 13.3. The Hall–Kier alpha value is -4.64. The van der Waals surface area contributed by atoms with Gasteiger partial charge in [0.2, 0.25) is 11.8 Å². The maximum Gasteiger partial charge on any atom is 0.306 e. The molecule has 0 bridgehead atoms. The Morgan fingerprint density at radius 3 is 2.52 bits per heavy atom. The molecule has 2 amide bonds. The van der Waals surface area contributed by atoms with Crippen LogP contribution < -0.4 is 21.5 Å². The zero-order valence-electron chi connectivity index (χ0n) is 22.3. The molecule has 0 saturated carbocycles. The predicted octanol–water partition coefficient (Wildman–Crippen LogP) is 1.59. The smallest absolute Gasteiger partial charge is 0.306 e. The standard InChI is InChI=1S/C29H31N5O6/c1-18(30-2)28(38)33-22-16-32-27(21-9-4-3-5-10-21)34(29(22)39)17-25(36)31-15-20-8-6-7-19(13-20)14-23(35)24-11-12-26(37)40-24/h3-10,13,16,18,24,30H,11-12,14-15,17H2,1-2H3,(H,31,36)(H,33,38)/t18-,24?/m0/s1. The lowest BCUT2D eigenvalue weighted by Crippen LogP contribution is -2.39. The van der Waals surface area contributed by atoms with E-state index in [0.717, 1.165) is 11.1 Å². The number of ether oxygens (including phenoxy) is 1. The molecule has 2 atom stereocenters. The molecule has 208 valence electrons. The van der Waals surface area contributed by atoms with Crippen LogP contribution in [0.3, 0.4) is 0 Å². The molecule has 40 heavy (non-hydrogen) atoms. The molecule has 1 aromatic heterocycles. The Morgan fingerprint density at radius 2 is 1.82 bits per heavy atom. The van der Waals surface area contributed by atoms with E-state index >= 15 is 0 Å². The zero-order valence-corrected chi connectivity index (χ0v) is 22.3. The number of aromatic nitrogens is 2. The Kier molecular flexibility index (Phi) is 9.18. The highest BCUT2D eigenvalue weighted by molar-refractivity contribution is 5.94. The first kappa shape index (κ1) is 28.4. The van der Waals surface area contributed by atoms with Crippen molar-refractivity contribution in [1.29, 1.82) is 0 Å². The average Bonchev–Trinajstić information content (AvgIpc) is 3.40. The Morgan fingerprint density at radius 1 is 1.07 bits per heavy atom. The number of esters is 1. The van der Waals surface area contributed by atoms with Gasteiger partial charge in [-0.05, 0) is 25.1 Å². The Labute approximate surface area is 231 Å². The van der Waals surface area contributed by atoms with Gasteiger partial charge in [0.25, 0.3) is 5.56 Å². The first-order valence-corrected chi connectivity index (χ1v) is 12.9. The summed E-state index contributed by atoms with van der Waals surface area (Å²) < 4.78 is 6.28. The number of hydrogen-bond donors (Lipinski definition) is 3. The summed E-state index contributed by atoms with van der Waals surface area (Å²) in [7, 11) is 1.63. The summed E-state index contributed by atoms with van der Waals surface area (Å²) in [4.78, 5) is 66.8. The number of benzene rings is 2. The van der Waals surface area contributed by atoms with E-state index in [1.807, 2.05) is 12.1 Å². The van der Waals surface area contributed by atoms with Gasteiger partial charge in [0, 0.05) is 31.4 Å². The summed E-state index contributed by atoms with van der Waals surface area (Å²) in [5.41, 5.74) is 1.54. The summed E-state index contributed by atoms with van der Waals surface area (Å²) in [5, 5.41) is 8.18.